The molecule has 14 heavy (non-hydrogen) atoms. The number of hydrogen-bond acceptors (Lipinski definition) is 1. The summed E-state index contributed by atoms with van der Waals surface area (Å²) < 4.78 is 1.96. The fraction of sp³-hybridized carbons (Fsp3) is 0. The van der Waals surface area contributed by atoms with Crippen molar-refractivity contribution in [2.24, 2.45) is 0 Å². The van der Waals surface area contributed by atoms with Gasteiger partial charge in [-0.3, -0.25) is 3.93 Å². The highest BCUT2D eigenvalue weighted by atomic mass is 79.9. The van der Waals surface area contributed by atoms with Crippen LogP contribution in [0.5, 0.6) is 0 Å². The minimum atomic E-state index is 1.09. The second kappa shape index (κ2) is 4.29. The van der Waals surface area contributed by atoms with Crippen LogP contribution in [0.15, 0.2) is 54.6 Å². The molecule has 2 aromatic rings. The Morgan fingerprint density at radius 3 is 2.07 bits per heavy atom. The number of benzene rings is 2. The fourth-order valence-electron chi connectivity index (χ4n) is 1.22. The van der Waals surface area contributed by atoms with E-state index in [1.807, 2.05) is 58.5 Å². The maximum absolute atomic E-state index is 3.51. The van der Waals surface area contributed by atoms with E-state index in [0.717, 1.165) is 11.4 Å². The molecule has 0 fully saturated rings. The number of halogens is 1. The van der Waals surface area contributed by atoms with Gasteiger partial charge in [-0.1, -0.05) is 30.3 Å². The topological polar surface area (TPSA) is 3.24 Å². The van der Waals surface area contributed by atoms with Crippen LogP contribution in [-0.4, -0.2) is 0 Å². The summed E-state index contributed by atoms with van der Waals surface area (Å²) in [5, 5.41) is 0. The van der Waals surface area contributed by atoms with Crippen molar-refractivity contribution in [2.75, 3.05) is 3.93 Å². The highest BCUT2D eigenvalue weighted by molar-refractivity contribution is 9.10. The average molecular weight is 247 g/mol. The highest BCUT2D eigenvalue weighted by Gasteiger charge is 2.02. The summed E-state index contributed by atoms with van der Waals surface area (Å²) in [6.07, 6.45) is 0. The molecule has 0 heterocycles. The van der Waals surface area contributed by atoms with Gasteiger partial charge in [0.1, 0.15) is 0 Å². The van der Waals surface area contributed by atoms with Crippen molar-refractivity contribution in [1.29, 1.82) is 0 Å². The third kappa shape index (κ3) is 1.96. The average Bonchev–Trinajstić information content (AvgIpc) is 2.30. The zero-order valence-electron chi connectivity index (χ0n) is 7.52. The van der Waals surface area contributed by atoms with Gasteiger partial charge >= 0.3 is 0 Å². The zero-order valence-corrected chi connectivity index (χ0v) is 9.11. The second-order valence-corrected chi connectivity index (χ2v) is 3.58. The third-order valence-corrected chi connectivity index (χ3v) is 2.73. The van der Waals surface area contributed by atoms with Crippen LogP contribution in [0, 0.1) is 6.07 Å². The summed E-state index contributed by atoms with van der Waals surface area (Å²) in [4.78, 5) is 0. The molecule has 0 spiro atoms. The molecule has 2 rings (SSSR count). The first-order chi connectivity index (χ1) is 6.88. The Bertz CT molecular complexity index is 346. The van der Waals surface area contributed by atoms with Gasteiger partial charge < -0.3 is 0 Å². The van der Waals surface area contributed by atoms with Gasteiger partial charge in [0.05, 0.1) is 27.5 Å². The molecule has 1 radical (unpaired) electrons. The summed E-state index contributed by atoms with van der Waals surface area (Å²) in [6.45, 7) is 0. The van der Waals surface area contributed by atoms with Crippen LogP contribution in [0.3, 0.4) is 0 Å². The SMILES string of the molecule is BrN(c1cc[c]cc1)c1ccccc1. The van der Waals surface area contributed by atoms with Gasteiger partial charge in [0.2, 0.25) is 0 Å². The van der Waals surface area contributed by atoms with Gasteiger partial charge in [-0.05, 0) is 30.3 Å². The lowest BCUT2D eigenvalue weighted by atomic mass is 10.3. The Balaban J connectivity index is 2.30. The van der Waals surface area contributed by atoms with Crippen LogP contribution in [-0.2, 0) is 0 Å². The molecular weight excluding hydrogens is 238 g/mol. The molecule has 0 amide bonds. The number of hydrogen-bond donors (Lipinski definition) is 0. The second-order valence-electron chi connectivity index (χ2n) is 2.87. The molecule has 0 atom stereocenters. The van der Waals surface area contributed by atoms with Crippen LogP contribution < -0.4 is 3.93 Å². The predicted molar refractivity (Wildman–Crippen MR) is 62.8 cm³/mol. The van der Waals surface area contributed by atoms with Crippen molar-refractivity contribution in [3.63, 3.8) is 0 Å². The van der Waals surface area contributed by atoms with E-state index < -0.39 is 0 Å². The Hall–Kier alpha value is -1.28. The molecule has 69 valence electrons. The van der Waals surface area contributed by atoms with E-state index in [1.165, 1.54) is 0 Å². The predicted octanol–water partition coefficient (Wildman–Crippen LogP) is 3.93. The van der Waals surface area contributed by atoms with E-state index in [-0.39, 0.29) is 0 Å². The summed E-state index contributed by atoms with van der Waals surface area (Å²) in [5.41, 5.74) is 2.20. The molecule has 0 bridgehead atoms. The summed E-state index contributed by atoms with van der Waals surface area (Å²) in [5.74, 6) is 0. The number of para-hydroxylation sites is 1. The van der Waals surface area contributed by atoms with Crippen LogP contribution >= 0.6 is 16.1 Å². The minimum Gasteiger partial charge on any atom is -0.277 e. The van der Waals surface area contributed by atoms with Crippen molar-refractivity contribution in [2.45, 2.75) is 0 Å². The van der Waals surface area contributed by atoms with E-state index in [1.54, 1.807) is 0 Å². The molecule has 0 aliphatic heterocycles. The van der Waals surface area contributed by atoms with Crippen molar-refractivity contribution < 1.29 is 0 Å². The molecule has 1 nitrogen and oxygen atoms in total. The van der Waals surface area contributed by atoms with Crippen molar-refractivity contribution in [3.8, 4) is 0 Å². The number of anilines is 2. The Morgan fingerprint density at radius 2 is 1.43 bits per heavy atom. The Morgan fingerprint density at radius 1 is 0.857 bits per heavy atom. The summed E-state index contributed by atoms with van der Waals surface area (Å²) in [7, 11) is 0. The normalized spacial score (nSPS) is 9.79. The fourth-order valence-corrected chi connectivity index (χ4v) is 1.69. The maximum Gasteiger partial charge on any atom is 0.0551 e. The lowest BCUT2D eigenvalue weighted by Gasteiger charge is -2.15. The quantitative estimate of drug-likeness (QED) is 0.726. The molecule has 0 saturated carbocycles. The first-order valence-corrected chi connectivity index (χ1v) is 5.06. The van der Waals surface area contributed by atoms with Crippen molar-refractivity contribution in [1.82, 2.24) is 0 Å². The van der Waals surface area contributed by atoms with Crippen LogP contribution in [0.25, 0.3) is 0 Å². The highest BCUT2D eigenvalue weighted by Crippen LogP contribution is 2.27. The zero-order chi connectivity index (χ0) is 9.80. The van der Waals surface area contributed by atoms with Gasteiger partial charge in [0.15, 0.2) is 0 Å². The van der Waals surface area contributed by atoms with Gasteiger partial charge in [0.25, 0.3) is 0 Å². The number of nitrogens with zero attached hydrogens (tertiary/aromatic N) is 1. The smallest absolute Gasteiger partial charge is 0.0551 e. The molecule has 0 unspecified atom stereocenters. The summed E-state index contributed by atoms with van der Waals surface area (Å²) >= 11 is 3.51. The van der Waals surface area contributed by atoms with E-state index in [0.29, 0.717) is 0 Å². The van der Waals surface area contributed by atoms with Crippen LogP contribution in [0.4, 0.5) is 11.4 Å². The monoisotopic (exact) mass is 246 g/mol. The molecule has 0 N–H and O–H groups in total. The molecular formula is C12H9BrN. The standard InChI is InChI=1S/C12H9BrN/c13-14(11-7-3-1-4-8-11)12-9-5-2-6-10-12/h1,3-10H. The molecule has 0 saturated heterocycles. The van der Waals surface area contributed by atoms with E-state index >= 15 is 0 Å². The number of rotatable bonds is 2. The van der Waals surface area contributed by atoms with E-state index in [2.05, 4.69) is 22.2 Å². The largest absolute Gasteiger partial charge is 0.277 e. The Labute approximate surface area is 92.3 Å². The summed E-state index contributed by atoms with van der Waals surface area (Å²) in [6, 6.07) is 20.9. The van der Waals surface area contributed by atoms with E-state index in [4.69, 9.17) is 0 Å². The van der Waals surface area contributed by atoms with E-state index in [9.17, 15) is 0 Å². The molecule has 0 aliphatic carbocycles. The van der Waals surface area contributed by atoms with Gasteiger partial charge in [-0.25, -0.2) is 0 Å². The molecule has 0 aliphatic rings. The molecule has 0 aromatic heterocycles. The molecule has 2 heteroatoms. The van der Waals surface area contributed by atoms with Crippen molar-refractivity contribution >= 4 is 27.5 Å². The Kier molecular flexibility index (Phi) is 2.84. The third-order valence-electron chi connectivity index (χ3n) is 1.91. The lowest BCUT2D eigenvalue weighted by molar-refractivity contribution is 1.45. The van der Waals surface area contributed by atoms with Gasteiger partial charge in [0, 0.05) is 0 Å². The van der Waals surface area contributed by atoms with Gasteiger partial charge in [-0.2, -0.15) is 0 Å². The molecule has 2 aromatic carbocycles. The van der Waals surface area contributed by atoms with Crippen molar-refractivity contribution in [3.05, 3.63) is 60.7 Å². The lowest BCUT2D eigenvalue weighted by Crippen LogP contribution is -1.99. The van der Waals surface area contributed by atoms with Gasteiger partial charge in [-0.15, -0.1) is 0 Å². The van der Waals surface area contributed by atoms with Crippen LogP contribution in [0.1, 0.15) is 0 Å². The minimum absolute atomic E-state index is 1.09. The van der Waals surface area contributed by atoms with Crippen LogP contribution in [0.2, 0.25) is 0 Å². The first kappa shape index (κ1) is 9.28. The first-order valence-electron chi connectivity index (χ1n) is 4.35. The maximum atomic E-state index is 3.51.